The minimum atomic E-state index is 0.573. The second-order valence-corrected chi connectivity index (χ2v) is 4.71. The molecule has 0 bridgehead atoms. The average Bonchev–Trinajstić information content (AvgIpc) is 2.73. The number of hydrogen-bond acceptors (Lipinski definition) is 1. The molecule has 3 rings (SSSR count). The summed E-state index contributed by atoms with van der Waals surface area (Å²) in [6, 6.07) is 6.59. The Morgan fingerprint density at radius 2 is 2.31 bits per heavy atom. The zero-order valence-corrected chi connectivity index (χ0v) is 9.62. The van der Waals surface area contributed by atoms with Gasteiger partial charge >= 0.3 is 0 Å². The van der Waals surface area contributed by atoms with E-state index in [-0.39, 0.29) is 0 Å². The van der Waals surface area contributed by atoms with Crippen LogP contribution in [0.5, 0.6) is 0 Å². The number of H-pyrrole nitrogens is 1. The maximum atomic E-state index is 5.57. The van der Waals surface area contributed by atoms with Gasteiger partial charge in [0.15, 0.2) is 0 Å². The summed E-state index contributed by atoms with van der Waals surface area (Å²) in [4.78, 5) is 3.36. The lowest BCUT2D eigenvalue weighted by atomic mass is 9.93. The molecule has 1 fully saturated rings. The van der Waals surface area contributed by atoms with Gasteiger partial charge in [0.25, 0.3) is 0 Å². The number of aryl methyl sites for hydroxylation is 1. The van der Waals surface area contributed by atoms with Gasteiger partial charge in [-0.3, -0.25) is 0 Å². The Balaban J connectivity index is 2.05. The summed E-state index contributed by atoms with van der Waals surface area (Å²) in [7, 11) is 0. The van der Waals surface area contributed by atoms with E-state index in [1.165, 1.54) is 34.9 Å². The van der Waals surface area contributed by atoms with Crippen molar-refractivity contribution in [2.75, 3.05) is 13.2 Å². The van der Waals surface area contributed by atoms with Crippen molar-refractivity contribution < 1.29 is 4.74 Å². The fourth-order valence-electron chi connectivity index (χ4n) is 2.58. The Bertz CT molecular complexity index is 494. The van der Waals surface area contributed by atoms with Crippen LogP contribution in [0.25, 0.3) is 10.9 Å². The SMILES string of the molecule is Cc1ccc2[nH]cc(C3CCCOC3)c2c1. The van der Waals surface area contributed by atoms with Gasteiger partial charge in [-0.05, 0) is 37.5 Å². The van der Waals surface area contributed by atoms with Crippen molar-refractivity contribution in [1.29, 1.82) is 0 Å². The fraction of sp³-hybridized carbons (Fsp3) is 0.429. The number of benzene rings is 1. The molecule has 0 amide bonds. The van der Waals surface area contributed by atoms with Gasteiger partial charge in [0.2, 0.25) is 0 Å². The van der Waals surface area contributed by atoms with Crippen LogP contribution >= 0.6 is 0 Å². The molecule has 0 aliphatic carbocycles. The number of fused-ring (bicyclic) bond motifs is 1. The van der Waals surface area contributed by atoms with Crippen LogP contribution in [-0.2, 0) is 4.74 Å². The van der Waals surface area contributed by atoms with Gasteiger partial charge in [-0.15, -0.1) is 0 Å². The van der Waals surface area contributed by atoms with Crippen LogP contribution in [0.4, 0.5) is 0 Å². The molecule has 2 heterocycles. The Hall–Kier alpha value is -1.28. The van der Waals surface area contributed by atoms with Gasteiger partial charge in [-0.25, -0.2) is 0 Å². The second kappa shape index (κ2) is 3.95. The van der Waals surface area contributed by atoms with Crippen LogP contribution in [0.15, 0.2) is 24.4 Å². The largest absolute Gasteiger partial charge is 0.381 e. The third kappa shape index (κ3) is 1.63. The lowest BCUT2D eigenvalue weighted by Gasteiger charge is -2.21. The minimum Gasteiger partial charge on any atom is -0.381 e. The Morgan fingerprint density at radius 1 is 1.38 bits per heavy atom. The molecule has 1 unspecified atom stereocenters. The molecule has 1 aliphatic heterocycles. The molecule has 2 nitrogen and oxygen atoms in total. The highest BCUT2D eigenvalue weighted by molar-refractivity contribution is 5.84. The first-order valence-electron chi connectivity index (χ1n) is 6.00. The molecular weight excluding hydrogens is 198 g/mol. The summed E-state index contributed by atoms with van der Waals surface area (Å²) in [6.45, 7) is 3.95. The maximum Gasteiger partial charge on any atom is 0.0535 e. The number of ether oxygens (including phenoxy) is 1. The predicted octanol–water partition coefficient (Wildman–Crippen LogP) is 3.37. The number of hydrogen-bond donors (Lipinski definition) is 1. The van der Waals surface area contributed by atoms with Crippen LogP contribution in [-0.4, -0.2) is 18.2 Å². The Labute approximate surface area is 95.6 Å². The normalized spacial score (nSPS) is 21.4. The molecule has 0 spiro atoms. The first-order chi connectivity index (χ1) is 7.84. The quantitative estimate of drug-likeness (QED) is 0.775. The van der Waals surface area contributed by atoms with Crippen molar-refractivity contribution >= 4 is 10.9 Å². The molecule has 0 radical (unpaired) electrons. The highest BCUT2D eigenvalue weighted by Gasteiger charge is 2.19. The summed E-state index contributed by atoms with van der Waals surface area (Å²) < 4.78 is 5.57. The zero-order valence-electron chi connectivity index (χ0n) is 9.62. The Kier molecular flexibility index (Phi) is 2.44. The van der Waals surface area contributed by atoms with Crippen molar-refractivity contribution in [3.05, 3.63) is 35.5 Å². The summed E-state index contributed by atoms with van der Waals surface area (Å²) >= 11 is 0. The van der Waals surface area contributed by atoms with E-state index < -0.39 is 0 Å². The smallest absolute Gasteiger partial charge is 0.0535 e. The molecule has 1 aromatic heterocycles. The van der Waals surface area contributed by atoms with Crippen molar-refractivity contribution in [2.24, 2.45) is 0 Å². The topological polar surface area (TPSA) is 25.0 Å². The predicted molar refractivity (Wildman–Crippen MR) is 65.8 cm³/mol. The first-order valence-corrected chi connectivity index (χ1v) is 6.00. The van der Waals surface area contributed by atoms with Gasteiger partial charge in [-0.2, -0.15) is 0 Å². The van der Waals surface area contributed by atoms with Gasteiger partial charge in [0.1, 0.15) is 0 Å². The summed E-state index contributed by atoms with van der Waals surface area (Å²) in [5.74, 6) is 0.573. The summed E-state index contributed by atoms with van der Waals surface area (Å²) in [5.41, 5.74) is 4.00. The van der Waals surface area contributed by atoms with E-state index in [9.17, 15) is 0 Å². The minimum absolute atomic E-state index is 0.573. The van der Waals surface area contributed by atoms with E-state index in [0.717, 1.165) is 13.2 Å². The molecule has 1 aromatic carbocycles. The lowest BCUT2D eigenvalue weighted by Crippen LogP contribution is -2.15. The second-order valence-electron chi connectivity index (χ2n) is 4.71. The molecule has 1 aliphatic rings. The molecular formula is C14H17NO. The van der Waals surface area contributed by atoms with E-state index in [4.69, 9.17) is 4.74 Å². The highest BCUT2D eigenvalue weighted by atomic mass is 16.5. The first kappa shape index (κ1) is 9.91. The van der Waals surface area contributed by atoms with Gasteiger partial charge in [-0.1, -0.05) is 11.6 Å². The van der Waals surface area contributed by atoms with Crippen molar-refractivity contribution in [3.8, 4) is 0 Å². The molecule has 2 aromatic rings. The lowest BCUT2D eigenvalue weighted by molar-refractivity contribution is 0.0808. The maximum absolute atomic E-state index is 5.57. The molecule has 1 N–H and O–H groups in total. The van der Waals surface area contributed by atoms with E-state index in [1.54, 1.807) is 0 Å². The third-order valence-corrected chi connectivity index (χ3v) is 3.47. The van der Waals surface area contributed by atoms with Crippen molar-refractivity contribution in [1.82, 2.24) is 4.98 Å². The van der Waals surface area contributed by atoms with E-state index >= 15 is 0 Å². The number of nitrogens with one attached hydrogen (secondary N) is 1. The van der Waals surface area contributed by atoms with E-state index in [2.05, 4.69) is 36.3 Å². The number of aromatic amines is 1. The van der Waals surface area contributed by atoms with Crippen LogP contribution in [0.3, 0.4) is 0 Å². The van der Waals surface area contributed by atoms with E-state index in [1.807, 2.05) is 0 Å². The number of aromatic nitrogens is 1. The molecule has 2 heteroatoms. The number of rotatable bonds is 1. The van der Waals surface area contributed by atoms with Gasteiger partial charge in [0.05, 0.1) is 6.61 Å². The molecule has 0 saturated carbocycles. The highest BCUT2D eigenvalue weighted by Crippen LogP contribution is 2.31. The van der Waals surface area contributed by atoms with Crippen LogP contribution in [0, 0.1) is 6.92 Å². The summed E-state index contributed by atoms with van der Waals surface area (Å²) in [6.07, 6.45) is 4.59. The molecule has 16 heavy (non-hydrogen) atoms. The standard InChI is InChI=1S/C14H17NO/c1-10-4-5-14-12(7-10)13(8-15-14)11-3-2-6-16-9-11/h4-5,7-8,11,15H,2-3,6,9H2,1H3. The van der Waals surface area contributed by atoms with E-state index in [0.29, 0.717) is 5.92 Å². The van der Waals surface area contributed by atoms with Crippen LogP contribution in [0.1, 0.15) is 29.9 Å². The van der Waals surface area contributed by atoms with Gasteiger partial charge in [0, 0.05) is 29.6 Å². The molecule has 1 saturated heterocycles. The Morgan fingerprint density at radius 3 is 3.12 bits per heavy atom. The average molecular weight is 215 g/mol. The molecule has 84 valence electrons. The van der Waals surface area contributed by atoms with Gasteiger partial charge < -0.3 is 9.72 Å². The monoisotopic (exact) mass is 215 g/mol. The van der Waals surface area contributed by atoms with Crippen LogP contribution in [0.2, 0.25) is 0 Å². The summed E-state index contributed by atoms with van der Waals surface area (Å²) in [5, 5.41) is 1.37. The van der Waals surface area contributed by atoms with Crippen molar-refractivity contribution in [3.63, 3.8) is 0 Å². The third-order valence-electron chi connectivity index (χ3n) is 3.47. The zero-order chi connectivity index (χ0) is 11.0. The molecule has 1 atom stereocenters. The fourth-order valence-corrected chi connectivity index (χ4v) is 2.58. The van der Waals surface area contributed by atoms with Crippen molar-refractivity contribution in [2.45, 2.75) is 25.7 Å². The van der Waals surface area contributed by atoms with Crippen LogP contribution < -0.4 is 0 Å².